The molecule has 0 unspecified atom stereocenters. The number of aromatic carboxylic acids is 1. The largest absolute Gasteiger partial charge is 0.478 e. The lowest BCUT2D eigenvalue weighted by molar-refractivity contribution is 0.0697. The van der Waals surface area contributed by atoms with Gasteiger partial charge in [-0.25, -0.2) is 9.78 Å². The summed E-state index contributed by atoms with van der Waals surface area (Å²) in [6, 6.07) is 33.5. The Morgan fingerprint density at radius 1 is 0.742 bits per heavy atom. The molecule has 0 amide bonds. The minimum Gasteiger partial charge on any atom is -0.478 e. The third-order valence-corrected chi connectivity index (χ3v) is 5.45. The standard InChI is InChI=1S/C27H20N2O2/c30-27(31)23-11-5-4-10-22(23)20-16-14-19(15-17-20)18-29-25-13-7-6-12-24(25)28-26(29)21-8-2-1-3-9-21/h1-17H,18H2,(H,30,31). The highest BCUT2D eigenvalue weighted by molar-refractivity contribution is 5.96. The Bertz CT molecular complexity index is 1370. The first kappa shape index (κ1) is 18.8. The van der Waals surface area contributed by atoms with Crippen LogP contribution in [0.2, 0.25) is 0 Å². The molecule has 0 spiro atoms. The number of fused-ring (bicyclic) bond motifs is 1. The van der Waals surface area contributed by atoms with Gasteiger partial charge in [-0.1, -0.05) is 84.9 Å². The maximum absolute atomic E-state index is 11.6. The number of para-hydroxylation sites is 2. The molecule has 4 nitrogen and oxygen atoms in total. The van der Waals surface area contributed by atoms with E-state index in [1.165, 1.54) is 0 Å². The second-order valence-corrected chi connectivity index (χ2v) is 7.42. The molecule has 0 bridgehead atoms. The van der Waals surface area contributed by atoms with Crippen LogP contribution in [0.5, 0.6) is 0 Å². The van der Waals surface area contributed by atoms with Gasteiger partial charge in [0.15, 0.2) is 0 Å². The average Bonchev–Trinajstić information content (AvgIpc) is 3.18. The van der Waals surface area contributed by atoms with E-state index in [1.54, 1.807) is 12.1 Å². The van der Waals surface area contributed by atoms with E-state index in [-0.39, 0.29) is 0 Å². The summed E-state index contributed by atoms with van der Waals surface area (Å²) in [4.78, 5) is 16.4. The molecule has 0 atom stereocenters. The normalized spacial score (nSPS) is 11.0. The summed E-state index contributed by atoms with van der Waals surface area (Å²) in [6.07, 6.45) is 0. The van der Waals surface area contributed by atoms with E-state index in [9.17, 15) is 9.90 Å². The van der Waals surface area contributed by atoms with E-state index in [4.69, 9.17) is 4.98 Å². The Hall–Kier alpha value is -4.18. The first-order valence-electron chi connectivity index (χ1n) is 10.1. The van der Waals surface area contributed by atoms with Crippen LogP contribution in [0.3, 0.4) is 0 Å². The second kappa shape index (κ2) is 7.92. The van der Waals surface area contributed by atoms with Gasteiger partial charge in [-0.2, -0.15) is 0 Å². The van der Waals surface area contributed by atoms with Gasteiger partial charge in [0.2, 0.25) is 0 Å². The van der Waals surface area contributed by atoms with Crippen molar-refractivity contribution in [2.75, 3.05) is 0 Å². The van der Waals surface area contributed by atoms with Crippen LogP contribution in [0, 0.1) is 0 Å². The number of hydrogen-bond acceptors (Lipinski definition) is 2. The van der Waals surface area contributed by atoms with Crippen LogP contribution in [-0.4, -0.2) is 20.6 Å². The Morgan fingerprint density at radius 3 is 2.19 bits per heavy atom. The lowest BCUT2D eigenvalue weighted by Crippen LogP contribution is -2.02. The van der Waals surface area contributed by atoms with E-state index in [0.717, 1.165) is 39.1 Å². The second-order valence-electron chi connectivity index (χ2n) is 7.42. The molecule has 4 aromatic carbocycles. The van der Waals surface area contributed by atoms with Crippen LogP contribution >= 0.6 is 0 Å². The zero-order valence-electron chi connectivity index (χ0n) is 16.8. The molecular weight excluding hydrogens is 384 g/mol. The van der Waals surface area contributed by atoms with E-state index in [1.807, 2.05) is 60.7 Å². The van der Waals surface area contributed by atoms with Crippen molar-refractivity contribution in [1.29, 1.82) is 0 Å². The molecule has 0 fully saturated rings. The van der Waals surface area contributed by atoms with Gasteiger partial charge >= 0.3 is 5.97 Å². The fraction of sp³-hybridized carbons (Fsp3) is 0.0370. The number of imidazole rings is 1. The first-order chi connectivity index (χ1) is 15.2. The number of benzene rings is 4. The summed E-state index contributed by atoms with van der Waals surface area (Å²) in [5.74, 6) is 0.0131. The molecule has 0 saturated carbocycles. The highest BCUT2D eigenvalue weighted by Gasteiger charge is 2.14. The van der Waals surface area contributed by atoms with E-state index in [2.05, 4.69) is 34.9 Å². The number of carboxylic acid groups (broad SMARTS) is 1. The molecule has 0 radical (unpaired) electrons. The SMILES string of the molecule is O=C(O)c1ccccc1-c1ccc(Cn2c(-c3ccccc3)nc3ccccc32)cc1. The predicted molar refractivity (Wildman–Crippen MR) is 123 cm³/mol. The number of aromatic nitrogens is 2. The lowest BCUT2D eigenvalue weighted by Gasteiger charge is -2.11. The van der Waals surface area contributed by atoms with Gasteiger partial charge in [0.05, 0.1) is 16.6 Å². The Morgan fingerprint density at radius 2 is 1.42 bits per heavy atom. The molecule has 4 heteroatoms. The molecule has 1 N–H and O–H groups in total. The van der Waals surface area contributed by atoms with E-state index >= 15 is 0 Å². The molecule has 1 aromatic heterocycles. The van der Waals surface area contributed by atoms with Gasteiger partial charge in [0.1, 0.15) is 5.82 Å². The van der Waals surface area contributed by atoms with Gasteiger partial charge < -0.3 is 9.67 Å². The third-order valence-electron chi connectivity index (χ3n) is 5.45. The lowest BCUT2D eigenvalue weighted by atomic mass is 9.99. The average molecular weight is 404 g/mol. The fourth-order valence-corrected chi connectivity index (χ4v) is 3.94. The highest BCUT2D eigenvalue weighted by Crippen LogP contribution is 2.28. The Balaban J connectivity index is 1.53. The van der Waals surface area contributed by atoms with Crippen LogP contribution in [0.25, 0.3) is 33.5 Å². The summed E-state index contributed by atoms with van der Waals surface area (Å²) >= 11 is 0. The topological polar surface area (TPSA) is 55.1 Å². The maximum atomic E-state index is 11.6. The van der Waals surface area contributed by atoms with Gasteiger partial charge in [0, 0.05) is 12.1 Å². The van der Waals surface area contributed by atoms with Crippen molar-refractivity contribution in [1.82, 2.24) is 9.55 Å². The first-order valence-corrected chi connectivity index (χ1v) is 10.1. The van der Waals surface area contributed by atoms with Gasteiger partial charge in [-0.05, 0) is 34.9 Å². The quantitative estimate of drug-likeness (QED) is 0.384. The minimum absolute atomic E-state index is 0.308. The zero-order valence-corrected chi connectivity index (χ0v) is 16.8. The molecule has 0 aliphatic heterocycles. The van der Waals surface area contributed by atoms with E-state index < -0.39 is 5.97 Å². The van der Waals surface area contributed by atoms with Crippen molar-refractivity contribution in [3.63, 3.8) is 0 Å². The van der Waals surface area contributed by atoms with Crippen LogP contribution in [-0.2, 0) is 6.54 Å². The highest BCUT2D eigenvalue weighted by atomic mass is 16.4. The molecule has 1 heterocycles. The van der Waals surface area contributed by atoms with Gasteiger partial charge in [-0.3, -0.25) is 0 Å². The summed E-state index contributed by atoms with van der Waals surface area (Å²) in [5.41, 5.74) is 6.17. The van der Waals surface area contributed by atoms with Crippen molar-refractivity contribution in [3.8, 4) is 22.5 Å². The third kappa shape index (κ3) is 3.60. The van der Waals surface area contributed by atoms with Crippen molar-refractivity contribution in [2.24, 2.45) is 0 Å². The molecule has 0 saturated heterocycles. The molecule has 31 heavy (non-hydrogen) atoms. The number of rotatable bonds is 5. The number of nitrogens with zero attached hydrogens (tertiary/aromatic N) is 2. The summed E-state index contributed by atoms with van der Waals surface area (Å²) in [5, 5.41) is 9.48. The maximum Gasteiger partial charge on any atom is 0.336 e. The molecule has 5 aromatic rings. The monoisotopic (exact) mass is 404 g/mol. The Labute approximate surface area is 180 Å². The van der Waals surface area contributed by atoms with Gasteiger partial charge in [-0.15, -0.1) is 0 Å². The van der Waals surface area contributed by atoms with Crippen LogP contribution in [0.4, 0.5) is 0 Å². The minimum atomic E-state index is -0.919. The van der Waals surface area contributed by atoms with Crippen LogP contribution < -0.4 is 0 Å². The van der Waals surface area contributed by atoms with Crippen molar-refractivity contribution < 1.29 is 9.90 Å². The zero-order chi connectivity index (χ0) is 21.2. The fourth-order valence-electron chi connectivity index (χ4n) is 3.94. The van der Waals surface area contributed by atoms with E-state index in [0.29, 0.717) is 12.1 Å². The van der Waals surface area contributed by atoms with Crippen molar-refractivity contribution in [2.45, 2.75) is 6.54 Å². The number of hydrogen-bond donors (Lipinski definition) is 1. The number of carbonyl (C=O) groups is 1. The van der Waals surface area contributed by atoms with Crippen LogP contribution in [0.15, 0.2) is 103 Å². The van der Waals surface area contributed by atoms with Crippen molar-refractivity contribution >= 4 is 17.0 Å². The van der Waals surface area contributed by atoms with Crippen LogP contribution in [0.1, 0.15) is 15.9 Å². The molecule has 0 aliphatic rings. The summed E-state index contributed by atoms with van der Waals surface area (Å²) in [6.45, 7) is 0.672. The predicted octanol–water partition coefficient (Wildman–Crippen LogP) is 6.12. The van der Waals surface area contributed by atoms with Gasteiger partial charge in [0.25, 0.3) is 0 Å². The smallest absolute Gasteiger partial charge is 0.336 e. The summed E-state index contributed by atoms with van der Waals surface area (Å²) in [7, 11) is 0. The van der Waals surface area contributed by atoms with Crippen molar-refractivity contribution in [3.05, 3.63) is 114 Å². The molecule has 0 aliphatic carbocycles. The summed E-state index contributed by atoms with van der Waals surface area (Å²) < 4.78 is 2.23. The number of carboxylic acids is 1. The molecule has 5 rings (SSSR count). The molecule has 150 valence electrons. The molecular formula is C27H20N2O2. The Kier molecular flexibility index (Phi) is 4.81.